The number of hydrogen-bond acceptors (Lipinski definition) is 10. The van der Waals surface area contributed by atoms with Crippen LogP contribution < -0.4 is 10.5 Å². The van der Waals surface area contributed by atoms with Gasteiger partial charge >= 0.3 is 7.82 Å². The van der Waals surface area contributed by atoms with Crippen LogP contribution >= 0.6 is 7.82 Å². The number of imidazole rings is 1. The van der Waals surface area contributed by atoms with Crippen molar-refractivity contribution < 1.29 is 36.4 Å². The zero-order valence-electron chi connectivity index (χ0n) is 16.3. The van der Waals surface area contributed by atoms with Gasteiger partial charge in [-0.05, 0) is 20.8 Å². The second-order valence-electron chi connectivity index (χ2n) is 6.24. The van der Waals surface area contributed by atoms with Crippen molar-refractivity contribution in [3.05, 3.63) is 6.33 Å². The first-order valence-corrected chi connectivity index (χ1v) is 10.2. The number of anilines is 1. The quantitative estimate of drug-likeness (QED) is 0.643. The van der Waals surface area contributed by atoms with Crippen LogP contribution in [0.2, 0.25) is 0 Å². The molecule has 11 nitrogen and oxygen atoms in total. The maximum atomic E-state index is 16.1. The van der Waals surface area contributed by atoms with Crippen molar-refractivity contribution in [2.24, 2.45) is 0 Å². The van der Waals surface area contributed by atoms with E-state index in [1.165, 1.54) is 6.92 Å². The van der Waals surface area contributed by atoms with E-state index in [1.54, 1.807) is 6.92 Å². The lowest BCUT2D eigenvalue weighted by Crippen LogP contribution is -2.58. The zero-order valence-corrected chi connectivity index (χ0v) is 17.2. The third kappa shape index (κ3) is 3.80. The van der Waals surface area contributed by atoms with Crippen LogP contribution in [0.25, 0.3) is 11.2 Å². The Morgan fingerprint density at radius 3 is 2.79 bits per heavy atom. The van der Waals surface area contributed by atoms with E-state index in [0.29, 0.717) is 0 Å². The molecule has 1 saturated heterocycles. The van der Waals surface area contributed by atoms with Gasteiger partial charge in [-0.2, -0.15) is 9.97 Å². The highest BCUT2D eigenvalue weighted by Crippen LogP contribution is 2.59. The van der Waals surface area contributed by atoms with Crippen molar-refractivity contribution in [2.45, 2.75) is 38.5 Å². The number of rotatable bonds is 7. The lowest BCUT2D eigenvalue weighted by atomic mass is 10.0. The average Bonchev–Trinajstić information content (AvgIpc) is 3.09. The van der Waals surface area contributed by atoms with Crippen LogP contribution in [-0.2, 0) is 28.7 Å². The summed E-state index contributed by atoms with van der Waals surface area (Å²) in [5.74, 6) is -5.66. The monoisotopic (exact) mass is 437 g/mol. The average molecular weight is 437 g/mol. The van der Waals surface area contributed by atoms with Crippen LogP contribution in [0.5, 0.6) is 5.88 Å². The van der Waals surface area contributed by atoms with Crippen LogP contribution in [-0.4, -0.2) is 58.4 Å². The molecule has 1 aliphatic rings. The second kappa shape index (κ2) is 7.73. The summed E-state index contributed by atoms with van der Waals surface area (Å²) in [5, 5.41) is 0. The zero-order chi connectivity index (χ0) is 21.4. The largest absolute Gasteiger partial charge is 0.476 e. The molecule has 3 heterocycles. The standard InChI is InChI=1S/C15H22F2N5O6P/c1-5-25-11-9-10(20-13(18)21-11)22(8-19-9)14(3,16)12-15(17,24-4)7-27-29(23,28-12)26-6-2/h8,12H,5-7H2,1-4H3,(H2,18,20,21)/t12-,14?,15+,29?/m0/s1. The first-order valence-electron chi connectivity index (χ1n) is 8.74. The lowest BCUT2D eigenvalue weighted by Gasteiger charge is -2.43. The van der Waals surface area contributed by atoms with Gasteiger partial charge in [0, 0.05) is 7.11 Å². The molecule has 0 bridgehead atoms. The number of methoxy groups -OCH3 is 1. The van der Waals surface area contributed by atoms with Crippen molar-refractivity contribution in [3.8, 4) is 5.88 Å². The summed E-state index contributed by atoms with van der Waals surface area (Å²) in [4.78, 5) is 12.0. The van der Waals surface area contributed by atoms with Gasteiger partial charge in [-0.15, -0.1) is 0 Å². The second-order valence-corrected chi connectivity index (χ2v) is 7.87. The van der Waals surface area contributed by atoms with Gasteiger partial charge in [-0.1, -0.05) is 0 Å². The molecule has 0 amide bonds. The van der Waals surface area contributed by atoms with Gasteiger partial charge in [0.05, 0.1) is 19.5 Å². The molecule has 2 unspecified atom stereocenters. The van der Waals surface area contributed by atoms with Crippen LogP contribution in [0, 0.1) is 0 Å². The fraction of sp³-hybridized carbons (Fsp3) is 0.667. The molecule has 0 radical (unpaired) electrons. The van der Waals surface area contributed by atoms with E-state index in [1.807, 2.05) is 0 Å². The first-order chi connectivity index (χ1) is 13.6. The maximum Gasteiger partial charge on any atom is 0.475 e. The number of halogens is 2. The van der Waals surface area contributed by atoms with Gasteiger partial charge in [-0.3, -0.25) is 18.1 Å². The number of phosphoric acid groups is 1. The van der Waals surface area contributed by atoms with E-state index in [0.717, 1.165) is 24.9 Å². The van der Waals surface area contributed by atoms with E-state index in [4.69, 9.17) is 28.8 Å². The Morgan fingerprint density at radius 1 is 1.45 bits per heavy atom. The molecule has 2 aromatic heterocycles. The fourth-order valence-corrected chi connectivity index (χ4v) is 4.39. The van der Waals surface area contributed by atoms with Gasteiger partial charge in [0.15, 0.2) is 17.3 Å². The van der Waals surface area contributed by atoms with Gasteiger partial charge in [0.1, 0.15) is 6.61 Å². The molecule has 0 aliphatic carbocycles. The van der Waals surface area contributed by atoms with Crippen molar-refractivity contribution in [3.63, 3.8) is 0 Å². The number of nitrogens with two attached hydrogens (primary N) is 1. The smallest absolute Gasteiger partial charge is 0.475 e. The van der Waals surface area contributed by atoms with Crippen molar-refractivity contribution in [1.82, 2.24) is 19.5 Å². The van der Waals surface area contributed by atoms with Crippen LogP contribution in [0.1, 0.15) is 20.8 Å². The minimum Gasteiger partial charge on any atom is -0.476 e. The fourth-order valence-electron chi connectivity index (χ4n) is 2.94. The van der Waals surface area contributed by atoms with Crippen molar-refractivity contribution in [1.29, 1.82) is 0 Å². The Morgan fingerprint density at radius 2 is 2.17 bits per heavy atom. The summed E-state index contributed by atoms with van der Waals surface area (Å²) in [6.07, 6.45) is -1.00. The minimum absolute atomic E-state index is 0.0377. The van der Waals surface area contributed by atoms with E-state index in [2.05, 4.69) is 15.0 Å². The molecule has 0 aromatic carbocycles. The molecule has 2 aromatic rings. The molecule has 4 atom stereocenters. The number of nitrogens with zero attached hydrogens (tertiary/aromatic N) is 4. The van der Waals surface area contributed by atoms with E-state index in [-0.39, 0.29) is 36.2 Å². The molecule has 2 N–H and O–H groups in total. The molecule has 1 aliphatic heterocycles. The van der Waals surface area contributed by atoms with Gasteiger partial charge in [0.2, 0.25) is 17.6 Å². The molecule has 162 valence electrons. The number of phosphoric ester groups is 1. The molecular formula is C15H22F2N5O6P. The highest BCUT2D eigenvalue weighted by molar-refractivity contribution is 7.48. The van der Waals surface area contributed by atoms with Gasteiger partial charge < -0.3 is 15.2 Å². The third-order valence-corrected chi connectivity index (χ3v) is 5.77. The normalized spacial score (nSPS) is 29.7. The van der Waals surface area contributed by atoms with E-state index >= 15 is 8.78 Å². The maximum absolute atomic E-state index is 16.1. The number of hydrogen-bond donors (Lipinski definition) is 1. The molecule has 1 fully saturated rings. The summed E-state index contributed by atoms with van der Waals surface area (Å²) in [5.41, 5.74) is 5.71. The molecule has 0 saturated carbocycles. The molecule has 0 spiro atoms. The number of nitrogen functional groups attached to an aromatic ring is 1. The van der Waals surface area contributed by atoms with Crippen molar-refractivity contribution in [2.75, 3.05) is 32.7 Å². The first kappa shape index (κ1) is 21.8. The Balaban J connectivity index is 2.12. The predicted octanol–water partition coefficient (Wildman–Crippen LogP) is 2.32. The van der Waals surface area contributed by atoms with Crippen LogP contribution in [0.3, 0.4) is 0 Å². The SMILES string of the molecule is CCOc1nc(N)nc2c1ncn2C(C)(F)[C@@H]1OP(=O)(OCC)OC[C@@]1(F)OC. The number of alkyl halides is 2. The Hall–Kier alpha value is -1.92. The number of fused-ring (bicyclic) bond motifs is 1. The van der Waals surface area contributed by atoms with Gasteiger partial charge in [0.25, 0.3) is 5.85 Å². The summed E-state index contributed by atoms with van der Waals surface area (Å²) < 4.78 is 70.0. The van der Waals surface area contributed by atoms with Crippen LogP contribution in [0.4, 0.5) is 14.7 Å². The van der Waals surface area contributed by atoms with E-state index in [9.17, 15) is 4.57 Å². The molecule has 3 rings (SSSR count). The number of aromatic nitrogens is 4. The summed E-state index contributed by atoms with van der Waals surface area (Å²) in [6, 6.07) is 0. The topological polar surface area (TPSA) is 133 Å². The summed E-state index contributed by atoms with van der Waals surface area (Å²) in [6.45, 7) is 3.56. The highest BCUT2D eigenvalue weighted by Gasteiger charge is 2.61. The Labute approximate surface area is 165 Å². The minimum atomic E-state index is -4.23. The highest BCUT2D eigenvalue weighted by atomic mass is 31.2. The molecular weight excluding hydrogens is 415 g/mol. The van der Waals surface area contributed by atoms with Gasteiger partial charge in [-0.25, -0.2) is 18.3 Å². The lowest BCUT2D eigenvalue weighted by molar-refractivity contribution is -0.269. The Bertz CT molecular complexity index is 943. The molecule has 14 heteroatoms. The van der Waals surface area contributed by atoms with Crippen molar-refractivity contribution >= 4 is 24.9 Å². The summed E-state index contributed by atoms with van der Waals surface area (Å²) in [7, 11) is -3.22. The third-order valence-electron chi connectivity index (χ3n) is 4.28. The van der Waals surface area contributed by atoms with E-state index < -0.39 is 32.2 Å². The number of ether oxygens (including phenoxy) is 2. The molecule has 29 heavy (non-hydrogen) atoms. The predicted molar refractivity (Wildman–Crippen MR) is 96.6 cm³/mol. The Kier molecular flexibility index (Phi) is 5.80. The van der Waals surface area contributed by atoms with Crippen LogP contribution in [0.15, 0.2) is 6.33 Å². The summed E-state index contributed by atoms with van der Waals surface area (Å²) >= 11 is 0.